The zero-order valence-electron chi connectivity index (χ0n) is 14.4. The van der Waals surface area contributed by atoms with E-state index in [1.165, 1.54) is 0 Å². The Kier molecular flexibility index (Phi) is 5.66. The van der Waals surface area contributed by atoms with Crippen molar-refractivity contribution in [1.82, 2.24) is 5.01 Å². The minimum Gasteiger partial charge on any atom is -0.494 e. The number of benzene rings is 2. The molecule has 2 aromatic rings. The minimum absolute atomic E-state index is 0.0502. The van der Waals surface area contributed by atoms with Crippen molar-refractivity contribution in [2.24, 2.45) is 10.8 Å². The number of hydrazone groups is 1. The average molecular weight is 353 g/mol. The Hall–Kier alpha value is -2.40. The van der Waals surface area contributed by atoms with Crippen LogP contribution in [0, 0.1) is 0 Å². The summed E-state index contributed by atoms with van der Waals surface area (Å²) in [7, 11) is 0. The summed E-state index contributed by atoms with van der Waals surface area (Å²) in [5.74, 6) is 0.890. The highest BCUT2D eigenvalue weighted by molar-refractivity contribution is 7.80. The van der Waals surface area contributed by atoms with Crippen molar-refractivity contribution in [1.29, 1.82) is 0 Å². The predicted molar refractivity (Wildman–Crippen MR) is 106 cm³/mol. The highest BCUT2D eigenvalue weighted by Crippen LogP contribution is 2.32. The van der Waals surface area contributed by atoms with E-state index in [2.05, 4.69) is 24.2 Å². The average Bonchev–Trinajstić information content (AvgIpc) is 3.09. The van der Waals surface area contributed by atoms with Crippen LogP contribution in [0.1, 0.15) is 43.4 Å². The third kappa shape index (κ3) is 4.17. The van der Waals surface area contributed by atoms with Crippen LogP contribution in [0.5, 0.6) is 5.75 Å². The van der Waals surface area contributed by atoms with Crippen molar-refractivity contribution in [2.75, 3.05) is 6.61 Å². The molecule has 0 aromatic heterocycles. The zero-order chi connectivity index (χ0) is 17.6. The number of thiocarbonyl (C=S) groups is 1. The van der Waals surface area contributed by atoms with Gasteiger partial charge in [-0.15, -0.1) is 0 Å². The van der Waals surface area contributed by atoms with Crippen molar-refractivity contribution in [3.8, 4) is 5.75 Å². The summed E-state index contributed by atoms with van der Waals surface area (Å²) in [5, 5.41) is 6.70. The largest absolute Gasteiger partial charge is 0.494 e. The lowest BCUT2D eigenvalue weighted by atomic mass is 9.98. The number of hydrogen-bond acceptors (Lipinski definition) is 3. The van der Waals surface area contributed by atoms with Crippen LogP contribution in [0.25, 0.3) is 0 Å². The van der Waals surface area contributed by atoms with Crippen LogP contribution in [0.4, 0.5) is 0 Å². The molecule has 1 heterocycles. The topological polar surface area (TPSA) is 50.8 Å². The smallest absolute Gasteiger partial charge is 0.187 e. The Morgan fingerprint density at radius 2 is 1.92 bits per heavy atom. The Morgan fingerprint density at radius 1 is 1.20 bits per heavy atom. The maximum absolute atomic E-state index is 5.89. The molecule has 130 valence electrons. The second-order valence-corrected chi connectivity index (χ2v) is 6.50. The fourth-order valence-electron chi connectivity index (χ4n) is 2.90. The SMILES string of the molecule is CCCCOc1ccc(C2=NN(C(N)=S)C(c3ccccc3)C2)cc1. The first-order valence-corrected chi connectivity index (χ1v) is 9.04. The van der Waals surface area contributed by atoms with Gasteiger partial charge in [-0.2, -0.15) is 5.10 Å². The van der Waals surface area contributed by atoms with Gasteiger partial charge in [0, 0.05) is 6.42 Å². The molecule has 1 unspecified atom stereocenters. The van der Waals surface area contributed by atoms with Gasteiger partial charge in [0.15, 0.2) is 5.11 Å². The first kappa shape index (κ1) is 17.4. The van der Waals surface area contributed by atoms with Crippen LogP contribution < -0.4 is 10.5 Å². The summed E-state index contributed by atoms with van der Waals surface area (Å²) < 4.78 is 5.72. The number of ether oxygens (including phenoxy) is 1. The van der Waals surface area contributed by atoms with Gasteiger partial charge in [-0.25, -0.2) is 5.01 Å². The van der Waals surface area contributed by atoms with Gasteiger partial charge in [0.1, 0.15) is 5.75 Å². The predicted octanol–water partition coefficient (Wildman–Crippen LogP) is 4.26. The molecule has 0 bridgehead atoms. The van der Waals surface area contributed by atoms with Crippen molar-refractivity contribution in [3.63, 3.8) is 0 Å². The molecule has 0 saturated heterocycles. The van der Waals surface area contributed by atoms with Crippen LogP contribution in [0.3, 0.4) is 0 Å². The molecule has 0 amide bonds. The molecule has 0 spiro atoms. The first-order valence-electron chi connectivity index (χ1n) is 8.63. The molecular formula is C20H23N3OS. The minimum atomic E-state index is 0.0502. The van der Waals surface area contributed by atoms with Crippen molar-refractivity contribution in [3.05, 3.63) is 65.7 Å². The number of rotatable bonds is 6. The van der Waals surface area contributed by atoms with E-state index in [0.717, 1.165) is 48.5 Å². The van der Waals surface area contributed by atoms with Gasteiger partial charge >= 0.3 is 0 Å². The Morgan fingerprint density at radius 3 is 2.56 bits per heavy atom. The van der Waals surface area contributed by atoms with E-state index in [-0.39, 0.29) is 6.04 Å². The van der Waals surface area contributed by atoms with Gasteiger partial charge in [0.05, 0.1) is 18.4 Å². The summed E-state index contributed by atoms with van der Waals surface area (Å²) in [6.07, 6.45) is 2.97. The molecule has 0 radical (unpaired) electrons. The van der Waals surface area contributed by atoms with Crippen LogP contribution >= 0.6 is 12.2 Å². The van der Waals surface area contributed by atoms with Crippen molar-refractivity contribution >= 4 is 23.0 Å². The lowest BCUT2D eigenvalue weighted by Crippen LogP contribution is -2.31. The molecule has 4 nitrogen and oxygen atoms in total. The Bertz CT molecular complexity index is 743. The second kappa shape index (κ2) is 8.12. The van der Waals surface area contributed by atoms with Crippen LogP contribution in [-0.2, 0) is 0 Å². The third-order valence-electron chi connectivity index (χ3n) is 4.27. The molecule has 2 N–H and O–H groups in total. The fraction of sp³-hybridized carbons (Fsp3) is 0.300. The van der Waals surface area contributed by atoms with Gasteiger partial charge in [0.25, 0.3) is 0 Å². The molecule has 1 aliphatic rings. The maximum Gasteiger partial charge on any atom is 0.187 e. The Balaban J connectivity index is 1.76. The van der Waals surface area contributed by atoms with Gasteiger partial charge in [-0.1, -0.05) is 43.7 Å². The highest BCUT2D eigenvalue weighted by atomic mass is 32.1. The van der Waals surface area contributed by atoms with E-state index in [1.54, 1.807) is 5.01 Å². The summed E-state index contributed by atoms with van der Waals surface area (Å²) in [6.45, 7) is 2.91. The van der Waals surface area contributed by atoms with E-state index in [4.69, 9.17) is 22.7 Å². The molecule has 0 fully saturated rings. The van der Waals surface area contributed by atoms with E-state index in [1.807, 2.05) is 42.5 Å². The van der Waals surface area contributed by atoms with Crippen molar-refractivity contribution in [2.45, 2.75) is 32.2 Å². The Labute approximate surface area is 154 Å². The zero-order valence-corrected chi connectivity index (χ0v) is 15.2. The van der Waals surface area contributed by atoms with Gasteiger partial charge in [-0.3, -0.25) is 0 Å². The van der Waals surface area contributed by atoms with E-state index in [0.29, 0.717) is 5.11 Å². The molecule has 0 aliphatic carbocycles. The summed E-state index contributed by atoms with van der Waals surface area (Å²) in [6, 6.07) is 18.3. The monoisotopic (exact) mass is 353 g/mol. The quantitative estimate of drug-likeness (QED) is 0.623. The third-order valence-corrected chi connectivity index (χ3v) is 4.46. The second-order valence-electron chi connectivity index (χ2n) is 6.09. The normalized spacial score (nSPS) is 16.6. The molecule has 25 heavy (non-hydrogen) atoms. The van der Waals surface area contributed by atoms with Gasteiger partial charge < -0.3 is 10.5 Å². The lowest BCUT2D eigenvalue weighted by molar-refractivity contribution is 0.309. The van der Waals surface area contributed by atoms with Gasteiger partial charge in [0.2, 0.25) is 0 Å². The standard InChI is InChI=1S/C20H23N3OS/c1-2-3-13-24-17-11-9-15(10-12-17)18-14-19(23(22-18)20(21)25)16-7-5-4-6-8-16/h4-12,19H,2-3,13-14H2,1H3,(H2,21,25). The van der Waals surface area contributed by atoms with Crippen LogP contribution in [-0.4, -0.2) is 22.4 Å². The number of unbranched alkanes of at least 4 members (excludes halogenated alkanes) is 1. The van der Waals surface area contributed by atoms with Gasteiger partial charge in [-0.05, 0) is 54.0 Å². The maximum atomic E-state index is 5.89. The van der Waals surface area contributed by atoms with Crippen LogP contribution in [0.15, 0.2) is 59.7 Å². The molecule has 5 heteroatoms. The molecule has 3 rings (SSSR count). The highest BCUT2D eigenvalue weighted by Gasteiger charge is 2.30. The van der Waals surface area contributed by atoms with Crippen LogP contribution in [0.2, 0.25) is 0 Å². The number of hydrogen-bond donors (Lipinski definition) is 1. The van der Waals surface area contributed by atoms with Crippen molar-refractivity contribution < 1.29 is 4.74 Å². The molecular weight excluding hydrogens is 330 g/mol. The van der Waals surface area contributed by atoms with E-state index >= 15 is 0 Å². The first-order chi connectivity index (χ1) is 12.2. The van der Waals surface area contributed by atoms with E-state index < -0.39 is 0 Å². The number of nitrogens with zero attached hydrogens (tertiary/aromatic N) is 2. The summed E-state index contributed by atoms with van der Waals surface area (Å²) in [4.78, 5) is 0. The fourth-order valence-corrected chi connectivity index (χ4v) is 3.07. The molecule has 1 aliphatic heterocycles. The lowest BCUT2D eigenvalue weighted by Gasteiger charge is -2.21. The van der Waals surface area contributed by atoms with E-state index in [9.17, 15) is 0 Å². The molecule has 1 atom stereocenters. The summed E-state index contributed by atoms with van der Waals surface area (Å²) >= 11 is 5.19. The summed E-state index contributed by atoms with van der Waals surface area (Å²) in [5.41, 5.74) is 9.11. The molecule has 0 saturated carbocycles. The number of nitrogens with two attached hydrogens (primary N) is 1. The molecule has 2 aromatic carbocycles.